The highest BCUT2D eigenvalue weighted by Gasteiger charge is 2.50. The highest BCUT2D eigenvalue weighted by molar-refractivity contribution is 5.83. The van der Waals surface area contributed by atoms with Gasteiger partial charge in [-0.05, 0) is 60.3 Å². The molecule has 0 heterocycles. The number of hydrogen-bond donors (Lipinski definition) is 1. The van der Waals surface area contributed by atoms with E-state index in [1.165, 1.54) is 12.0 Å². The molecule has 1 saturated carbocycles. The molecule has 2 bridgehead atoms. The Labute approximate surface area is 137 Å². The van der Waals surface area contributed by atoms with Gasteiger partial charge in [0, 0.05) is 0 Å². The molecule has 0 aromatic heterocycles. The van der Waals surface area contributed by atoms with Gasteiger partial charge in [-0.2, -0.15) is 5.10 Å². The molecule has 122 valence electrons. The molecule has 1 N–H and O–H groups in total. The summed E-state index contributed by atoms with van der Waals surface area (Å²) in [5, 5.41) is 4.09. The van der Waals surface area contributed by atoms with E-state index in [9.17, 15) is 4.79 Å². The number of amides is 1. The van der Waals surface area contributed by atoms with Crippen LogP contribution in [0.1, 0.15) is 32.3 Å². The van der Waals surface area contributed by atoms with E-state index in [0.717, 1.165) is 17.9 Å². The minimum atomic E-state index is -0.245. The van der Waals surface area contributed by atoms with Gasteiger partial charge in [-0.25, -0.2) is 5.43 Å². The van der Waals surface area contributed by atoms with Gasteiger partial charge in [0.2, 0.25) is 0 Å². The van der Waals surface area contributed by atoms with Crippen LogP contribution >= 0.6 is 0 Å². The predicted octanol–water partition coefficient (Wildman–Crippen LogP) is 3.47. The number of ether oxygens (including phenoxy) is 1. The van der Waals surface area contributed by atoms with Crippen molar-refractivity contribution in [2.45, 2.75) is 33.6 Å². The maximum Gasteiger partial charge on any atom is 0.277 e. The highest BCUT2D eigenvalue weighted by atomic mass is 16.5. The first-order valence-corrected chi connectivity index (χ1v) is 8.18. The van der Waals surface area contributed by atoms with E-state index in [0.29, 0.717) is 17.1 Å². The number of aryl methyl sites for hydroxylation is 1. The standard InChI is InChI=1S/C19H24N2O2/c1-13-5-4-6-16(9-13)23-12-18(22)21-20-11-14-7-8-15-10-17(14)19(15,2)3/h4-7,9,11,15,17H,8,10,12H2,1-3H3,(H,21,22)/b20-11-/t15-,17+/m0/s1. The Bertz CT molecular complexity index is 661. The Hall–Kier alpha value is -2.10. The van der Waals surface area contributed by atoms with Crippen molar-refractivity contribution in [2.75, 3.05) is 6.61 Å². The van der Waals surface area contributed by atoms with Crippen LogP contribution in [0.15, 0.2) is 41.0 Å². The number of nitrogens with one attached hydrogen (secondary N) is 1. The number of hydrogen-bond acceptors (Lipinski definition) is 3. The molecular formula is C19H24N2O2. The topological polar surface area (TPSA) is 50.7 Å². The van der Waals surface area contributed by atoms with Crippen LogP contribution in [-0.2, 0) is 4.79 Å². The lowest BCUT2D eigenvalue weighted by atomic mass is 9.49. The largest absolute Gasteiger partial charge is 0.484 e. The first-order chi connectivity index (χ1) is 11.0. The molecule has 2 atom stereocenters. The summed E-state index contributed by atoms with van der Waals surface area (Å²) in [4.78, 5) is 11.8. The average molecular weight is 312 g/mol. The van der Waals surface area contributed by atoms with Crippen LogP contribution < -0.4 is 10.2 Å². The second kappa shape index (κ2) is 6.19. The molecule has 4 rings (SSSR count). The third kappa shape index (κ3) is 3.31. The molecule has 1 aromatic carbocycles. The van der Waals surface area contributed by atoms with Crippen molar-refractivity contribution >= 4 is 12.1 Å². The van der Waals surface area contributed by atoms with Crippen LogP contribution in [0.3, 0.4) is 0 Å². The van der Waals surface area contributed by atoms with Crippen molar-refractivity contribution < 1.29 is 9.53 Å². The normalized spacial score (nSPS) is 24.7. The van der Waals surface area contributed by atoms with E-state index < -0.39 is 0 Å². The van der Waals surface area contributed by atoms with Crippen molar-refractivity contribution in [1.82, 2.24) is 5.43 Å². The Morgan fingerprint density at radius 3 is 3.00 bits per heavy atom. The number of benzene rings is 1. The maximum absolute atomic E-state index is 11.8. The molecule has 4 heteroatoms. The number of nitrogens with zero attached hydrogens (tertiary/aromatic N) is 1. The number of carbonyl (C=O) groups is 1. The molecule has 3 aliphatic carbocycles. The predicted molar refractivity (Wildman–Crippen MR) is 91.4 cm³/mol. The smallest absolute Gasteiger partial charge is 0.277 e. The minimum absolute atomic E-state index is 0.0309. The lowest BCUT2D eigenvalue weighted by molar-refractivity contribution is -0.123. The first-order valence-electron chi connectivity index (χ1n) is 8.18. The molecule has 0 radical (unpaired) electrons. The van der Waals surface area contributed by atoms with E-state index in [1.807, 2.05) is 31.2 Å². The molecule has 0 saturated heterocycles. The Morgan fingerprint density at radius 1 is 1.48 bits per heavy atom. The molecular weight excluding hydrogens is 288 g/mol. The maximum atomic E-state index is 11.8. The number of rotatable bonds is 5. The minimum Gasteiger partial charge on any atom is -0.484 e. The van der Waals surface area contributed by atoms with Gasteiger partial charge >= 0.3 is 0 Å². The fourth-order valence-corrected chi connectivity index (χ4v) is 3.61. The summed E-state index contributed by atoms with van der Waals surface area (Å²) >= 11 is 0. The van der Waals surface area contributed by atoms with Crippen LogP contribution in [0.4, 0.5) is 0 Å². The second-order valence-corrected chi connectivity index (χ2v) is 7.14. The van der Waals surface area contributed by atoms with Crippen molar-refractivity contribution in [3.05, 3.63) is 41.5 Å². The molecule has 4 nitrogen and oxygen atoms in total. The summed E-state index contributed by atoms with van der Waals surface area (Å²) in [5.74, 6) is 1.83. The lowest BCUT2D eigenvalue weighted by Gasteiger charge is -2.55. The number of hydrazone groups is 1. The van der Waals surface area contributed by atoms with Gasteiger partial charge in [0.1, 0.15) is 5.75 Å². The molecule has 23 heavy (non-hydrogen) atoms. The van der Waals surface area contributed by atoms with Crippen molar-refractivity contribution in [1.29, 1.82) is 0 Å². The Morgan fingerprint density at radius 2 is 2.30 bits per heavy atom. The van der Waals surface area contributed by atoms with Crippen LogP contribution in [0, 0.1) is 24.2 Å². The van der Waals surface area contributed by atoms with Crippen molar-refractivity contribution in [2.24, 2.45) is 22.4 Å². The molecule has 0 spiro atoms. The molecule has 0 unspecified atom stereocenters. The average Bonchev–Trinajstić information content (AvgIpc) is 2.53. The van der Waals surface area contributed by atoms with E-state index >= 15 is 0 Å². The molecule has 1 aromatic rings. The van der Waals surface area contributed by atoms with Crippen LogP contribution in [0.5, 0.6) is 5.75 Å². The summed E-state index contributed by atoms with van der Waals surface area (Å²) in [5.41, 5.74) is 5.27. The third-order valence-electron chi connectivity index (χ3n) is 5.27. The molecule has 0 aliphatic heterocycles. The molecule has 3 aliphatic rings. The van der Waals surface area contributed by atoms with E-state index in [4.69, 9.17) is 4.74 Å². The van der Waals surface area contributed by atoms with E-state index in [2.05, 4.69) is 30.5 Å². The van der Waals surface area contributed by atoms with Crippen LogP contribution in [-0.4, -0.2) is 18.7 Å². The molecule has 1 fully saturated rings. The van der Waals surface area contributed by atoms with Gasteiger partial charge in [-0.3, -0.25) is 4.79 Å². The summed E-state index contributed by atoms with van der Waals surface area (Å²) in [6, 6.07) is 7.63. The zero-order valence-corrected chi connectivity index (χ0v) is 14.0. The van der Waals surface area contributed by atoms with Gasteiger partial charge in [-0.15, -0.1) is 0 Å². The van der Waals surface area contributed by atoms with E-state index in [1.54, 1.807) is 6.21 Å². The monoisotopic (exact) mass is 312 g/mol. The van der Waals surface area contributed by atoms with Gasteiger partial charge in [-0.1, -0.05) is 32.1 Å². The van der Waals surface area contributed by atoms with E-state index in [-0.39, 0.29) is 12.5 Å². The Balaban J connectivity index is 1.47. The summed E-state index contributed by atoms with van der Waals surface area (Å²) in [6.07, 6.45) is 6.42. The highest BCUT2D eigenvalue weighted by Crippen LogP contribution is 2.58. The number of allylic oxidation sites excluding steroid dienone is 2. The van der Waals surface area contributed by atoms with Crippen LogP contribution in [0.25, 0.3) is 0 Å². The SMILES string of the molecule is Cc1cccc(OCC(=O)N/N=C\C2=CC[C@H]3C[C@H]2C3(C)C)c1. The van der Waals surface area contributed by atoms with Gasteiger partial charge in [0.25, 0.3) is 5.91 Å². The molecule has 1 amide bonds. The Kier molecular flexibility index (Phi) is 4.24. The second-order valence-electron chi connectivity index (χ2n) is 7.14. The fraction of sp³-hybridized carbons (Fsp3) is 0.474. The van der Waals surface area contributed by atoms with Gasteiger partial charge < -0.3 is 4.74 Å². The summed E-state index contributed by atoms with van der Waals surface area (Å²) < 4.78 is 5.45. The number of fused-ring (bicyclic) bond motifs is 1. The zero-order chi connectivity index (χ0) is 16.4. The lowest BCUT2D eigenvalue weighted by Crippen LogP contribution is -2.48. The fourth-order valence-electron chi connectivity index (χ4n) is 3.61. The number of carbonyl (C=O) groups excluding carboxylic acids is 1. The first kappa shape index (κ1) is 15.8. The zero-order valence-electron chi connectivity index (χ0n) is 14.0. The third-order valence-corrected chi connectivity index (χ3v) is 5.27. The van der Waals surface area contributed by atoms with Crippen molar-refractivity contribution in [3.63, 3.8) is 0 Å². The van der Waals surface area contributed by atoms with Gasteiger partial charge in [0.15, 0.2) is 6.61 Å². The van der Waals surface area contributed by atoms with Crippen LogP contribution in [0.2, 0.25) is 0 Å². The summed E-state index contributed by atoms with van der Waals surface area (Å²) in [6.45, 7) is 6.60. The van der Waals surface area contributed by atoms with Crippen molar-refractivity contribution in [3.8, 4) is 5.75 Å². The van der Waals surface area contributed by atoms with Gasteiger partial charge in [0.05, 0.1) is 6.21 Å². The quantitative estimate of drug-likeness (QED) is 0.668. The summed E-state index contributed by atoms with van der Waals surface area (Å²) in [7, 11) is 0.